The highest BCUT2D eigenvalue weighted by Crippen LogP contribution is 2.35. The molecule has 2 unspecified atom stereocenters. The molecule has 0 bridgehead atoms. The maximum Gasteiger partial charge on any atom is 0.208 e. The highest BCUT2D eigenvalue weighted by molar-refractivity contribution is 8.01. The first kappa shape index (κ1) is 15.1. The van der Waals surface area contributed by atoms with E-state index < -0.39 is 0 Å². The Hall–Kier alpha value is -0.330. The van der Waals surface area contributed by atoms with Crippen LogP contribution in [-0.4, -0.2) is 42.6 Å². The van der Waals surface area contributed by atoms with Crippen molar-refractivity contribution < 1.29 is 0 Å². The van der Waals surface area contributed by atoms with Crippen molar-refractivity contribution in [3.8, 4) is 0 Å². The van der Waals surface area contributed by atoms with Crippen molar-refractivity contribution >= 4 is 28.2 Å². The van der Waals surface area contributed by atoms with Crippen LogP contribution in [0, 0.1) is 0 Å². The summed E-state index contributed by atoms with van der Waals surface area (Å²) in [4.78, 5) is 2.02. The van der Waals surface area contributed by atoms with Crippen LogP contribution in [0.5, 0.6) is 0 Å². The van der Waals surface area contributed by atoms with Crippen LogP contribution in [-0.2, 0) is 0 Å². The minimum Gasteiger partial charge on any atom is -0.353 e. The average Bonchev–Trinajstić information content (AvgIpc) is 2.82. The molecule has 6 heteroatoms. The largest absolute Gasteiger partial charge is 0.353 e. The van der Waals surface area contributed by atoms with Gasteiger partial charge in [-0.3, -0.25) is 0 Å². The van der Waals surface area contributed by atoms with Crippen LogP contribution in [0.25, 0.3) is 0 Å². The number of rotatable bonds is 4. The van der Waals surface area contributed by atoms with Gasteiger partial charge in [0.15, 0.2) is 4.34 Å². The van der Waals surface area contributed by atoms with Crippen molar-refractivity contribution in [2.75, 3.05) is 26.0 Å². The topological polar surface area (TPSA) is 41.1 Å². The van der Waals surface area contributed by atoms with Crippen LogP contribution in [0.4, 0.5) is 5.13 Å². The van der Waals surface area contributed by atoms with Crippen LogP contribution in [0.2, 0.25) is 0 Å². The van der Waals surface area contributed by atoms with Gasteiger partial charge in [0.2, 0.25) is 5.13 Å². The summed E-state index contributed by atoms with van der Waals surface area (Å²) < 4.78 is 1.11. The van der Waals surface area contributed by atoms with Gasteiger partial charge in [-0.15, -0.1) is 10.2 Å². The monoisotopic (exact) mass is 300 g/mol. The highest BCUT2D eigenvalue weighted by Gasteiger charge is 2.24. The molecule has 1 saturated carbocycles. The maximum absolute atomic E-state index is 4.32. The van der Waals surface area contributed by atoms with E-state index in [2.05, 4.69) is 22.6 Å². The second-order valence-corrected chi connectivity index (χ2v) is 7.73. The fourth-order valence-corrected chi connectivity index (χ4v) is 4.84. The molecule has 1 aromatic heterocycles. The number of hydrogen-bond donors (Lipinski definition) is 1. The second-order valence-electron chi connectivity index (χ2n) is 5.29. The molecule has 0 aliphatic heterocycles. The lowest BCUT2D eigenvalue weighted by atomic mass is 9.96. The number of nitrogens with zero attached hydrogens (tertiary/aromatic N) is 3. The molecule has 0 amide bonds. The summed E-state index contributed by atoms with van der Waals surface area (Å²) in [6, 6.07) is 0.608. The highest BCUT2D eigenvalue weighted by atomic mass is 32.2. The summed E-state index contributed by atoms with van der Waals surface area (Å²) in [5, 5.41) is 13.7. The van der Waals surface area contributed by atoms with Gasteiger partial charge in [0.05, 0.1) is 0 Å². The fourth-order valence-electron chi connectivity index (χ4n) is 2.48. The van der Waals surface area contributed by atoms with E-state index in [0.29, 0.717) is 11.3 Å². The molecule has 1 aliphatic carbocycles. The van der Waals surface area contributed by atoms with Gasteiger partial charge in [-0.05, 0) is 19.9 Å². The molecule has 0 radical (unpaired) electrons. The molecule has 2 rings (SSSR count). The Morgan fingerprint density at radius 1 is 1.16 bits per heavy atom. The first-order valence-electron chi connectivity index (χ1n) is 7.05. The molecule has 4 nitrogen and oxygen atoms in total. The Balaban J connectivity index is 2.00. The third kappa shape index (κ3) is 4.33. The van der Waals surface area contributed by atoms with Crippen molar-refractivity contribution in [1.29, 1.82) is 0 Å². The van der Waals surface area contributed by atoms with Gasteiger partial charge in [-0.1, -0.05) is 48.8 Å². The summed E-state index contributed by atoms with van der Waals surface area (Å²) in [7, 11) is 6.12. The zero-order valence-electron chi connectivity index (χ0n) is 12.1. The zero-order chi connectivity index (χ0) is 13.7. The van der Waals surface area contributed by atoms with Gasteiger partial charge >= 0.3 is 0 Å². The van der Waals surface area contributed by atoms with Crippen LogP contribution in [0.3, 0.4) is 0 Å². The quantitative estimate of drug-likeness (QED) is 0.925. The number of aromatic nitrogens is 2. The molecule has 2 atom stereocenters. The first-order valence-corrected chi connectivity index (χ1v) is 8.75. The third-order valence-electron chi connectivity index (χ3n) is 3.60. The predicted octanol–water partition coefficient (Wildman–Crippen LogP) is 3.01. The van der Waals surface area contributed by atoms with Gasteiger partial charge in [-0.2, -0.15) is 0 Å². The maximum atomic E-state index is 4.32. The summed E-state index contributed by atoms with van der Waals surface area (Å²) in [5.74, 6) is 0. The Morgan fingerprint density at radius 3 is 2.53 bits per heavy atom. The van der Waals surface area contributed by atoms with Gasteiger partial charge in [0.1, 0.15) is 0 Å². The summed E-state index contributed by atoms with van der Waals surface area (Å²) in [5.41, 5.74) is 0. The van der Waals surface area contributed by atoms with Crippen LogP contribution < -0.4 is 10.2 Å². The van der Waals surface area contributed by atoms with E-state index in [9.17, 15) is 0 Å². The van der Waals surface area contributed by atoms with Crippen molar-refractivity contribution in [1.82, 2.24) is 15.5 Å². The minimum atomic E-state index is 0.608. The molecule has 108 valence electrons. The Labute approximate surface area is 124 Å². The Kier molecular flexibility index (Phi) is 5.91. The van der Waals surface area contributed by atoms with Gasteiger partial charge in [-0.25, -0.2) is 0 Å². The number of nitrogens with one attached hydrogen (secondary N) is 1. The average molecular weight is 300 g/mol. The number of anilines is 1. The summed E-state index contributed by atoms with van der Waals surface area (Å²) >= 11 is 3.61. The summed E-state index contributed by atoms with van der Waals surface area (Å²) in [6.07, 6.45) is 8.03. The van der Waals surface area contributed by atoms with E-state index in [1.807, 2.05) is 30.8 Å². The van der Waals surface area contributed by atoms with Crippen molar-refractivity contribution in [2.45, 2.75) is 54.2 Å². The Morgan fingerprint density at radius 2 is 1.89 bits per heavy atom. The fraction of sp³-hybridized carbons (Fsp3) is 0.846. The van der Waals surface area contributed by atoms with E-state index in [-0.39, 0.29) is 0 Å². The van der Waals surface area contributed by atoms with Gasteiger partial charge < -0.3 is 10.2 Å². The third-order valence-corrected chi connectivity index (χ3v) is 6.18. The molecule has 0 saturated heterocycles. The van der Waals surface area contributed by atoms with Crippen molar-refractivity contribution in [3.05, 3.63) is 0 Å². The lowest BCUT2D eigenvalue weighted by Gasteiger charge is -2.27. The number of thioether (sulfide) groups is 1. The van der Waals surface area contributed by atoms with E-state index >= 15 is 0 Å². The lowest BCUT2D eigenvalue weighted by molar-refractivity contribution is 0.420. The zero-order valence-corrected chi connectivity index (χ0v) is 13.7. The standard InChI is InChI=1S/C13H24N4S2/c1-14-10-8-6-4-5-7-9-11(10)18-13-16-15-12(19-13)17(2)3/h10-11,14H,4-9H2,1-3H3. The van der Waals surface area contributed by atoms with Crippen molar-refractivity contribution in [3.63, 3.8) is 0 Å². The lowest BCUT2D eigenvalue weighted by Crippen LogP contribution is -2.36. The minimum absolute atomic E-state index is 0.608. The first-order chi connectivity index (χ1) is 9.20. The van der Waals surface area contributed by atoms with Crippen LogP contribution in [0.1, 0.15) is 38.5 Å². The smallest absolute Gasteiger partial charge is 0.208 e. The van der Waals surface area contributed by atoms with Gasteiger partial charge in [0, 0.05) is 25.4 Å². The molecule has 1 N–H and O–H groups in total. The summed E-state index contributed by atoms with van der Waals surface area (Å²) in [6.45, 7) is 0. The van der Waals surface area contributed by atoms with E-state index in [0.717, 1.165) is 9.47 Å². The molecular weight excluding hydrogens is 276 g/mol. The van der Waals surface area contributed by atoms with E-state index in [4.69, 9.17) is 0 Å². The molecule has 1 aromatic rings. The number of hydrogen-bond acceptors (Lipinski definition) is 6. The van der Waals surface area contributed by atoms with Gasteiger partial charge in [0.25, 0.3) is 0 Å². The van der Waals surface area contributed by atoms with Crippen LogP contribution >= 0.6 is 23.1 Å². The Bertz CT molecular complexity index is 380. The molecule has 1 fully saturated rings. The predicted molar refractivity (Wildman–Crippen MR) is 84.4 cm³/mol. The molecule has 0 aromatic carbocycles. The molecule has 1 heterocycles. The molecule has 1 aliphatic rings. The van der Waals surface area contributed by atoms with E-state index in [1.54, 1.807) is 11.3 Å². The van der Waals surface area contributed by atoms with E-state index in [1.165, 1.54) is 38.5 Å². The SMILES string of the molecule is CNC1CCCCCCC1Sc1nnc(N(C)C)s1. The molecule has 0 spiro atoms. The second kappa shape index (κ2) is 7.45. The van der Waals surface area contributed by atoms with Crippen molar-refractivity contribution in [2.24, 2.45) is 0 Å². The normalized spacial score (nSPS) is 24.8. The molecular formula is C13H24N4S2. The van der Waals surface area contributed by atoms with Crippen LogP contribution in [0.15, 0.2) is 4.34 Å². The molecule has 19 heavy (non-hydrogen) atoms.